The molecule has 2 aromatic heterocycles. The summed E-state index contributed by atoms with van der Waals surface area (Å²) in [4.78, 5) is 27.8. The summed E-state index contributed by atoms with van der Waals surface area (Å²) in [5.74, 6) is 0.884. The zero-order valence-electron chi connectivity index (χ0n) is 16.8. The van der Waals surface area contributed by atoms with E-state index < -0.39 is 0 Å². The average molecular weight is 407 g/mol. The molecular formula is C22H25N5O3. The standard InChI is InChI=1S/C22H25N5O3/c28-21(18-13-20(30-25-18)15-7-8-15)23-14-19-16-5-1-2-6-17(16)22(29)27(24-19)12-11-26-9-3-4-10-26/h1-2,5-6,13,15H,3-4,7-12,14H2,(H,23,28). The monoisotopic (exact) mass is 407 g/mol. The summed E-state index contributed by atoms with van der Waals surface area (Å²) in [6.45, 7) is 3.71. The molecule has 0 radical (unpaired) electrons. The molecule has 0 atom stereocenters. The second kappa shape index (κ2) is 8.02. The second-order valence-corrected chi connectivity index (χ2v) is 8.14. The van der Waals surface area contributed by atoms with E-state index >= 15 is 0 Å². The molecule has 0 bridgehead atoms. The fourth-order valence-electron chi connectivity index (χ4n) is 4.04. The number of aromatic nitrogens is 3. The van der Waals surface area contributed by atoms with Crippen LogP contribution in [0.15, 0.2) is 39.6 Å². The summed E-state index contributed by atoms with van der Waals surface area (Å²) in [6, 6.07) is 9.14. The van der Waals surface area contributed by atoms with Crippen molar-refractivity contribution in [3.8, 4) is 0 Å². The van der Waals surface area contributed by atoms with E-state index in [1.165, 1.54) is 17.5 Å². The molecule has 5 rings (SSSR count). The Hall–Kier alpha value is -3.00. The molecule has 1 saturated heterocycles. The lowest BCUT2D eigenvalue weighted by molar-refractivity contribution is 0.0941. The van der Waals surface area contributed by atoms with Crippen molar-refractivity contribution in [1.82, 2.24) is 25.2 Å². The van der Waals surface area contributed by atoms with Crippen LogP contribution >= 0.6 is 0 Å². The third-order valence-corrected chi connectivity index (χ3v) is 5.93. The highest BCUT2D eigenvalue weighted by Crippen LogP contribution is 2.40. The SMILES string of the molecule is O=C(NCc1nn(CCN2CCCC2)c(=O)c2ccccc12)c1cc(C2CC2)on1. The van der Waals surface area contributed by atoms with Gasteiger partial charge in [0.25, 0.3) is 11.5 Å². The first-order valence-corrected chi connectivity index (χ1v) is 10.6. The Labute approximate surface area is 173 Å². The quantitative estimate of drug-likeness (QED) is 0.646. The van der Waals surface area contributed by atoms with Gasteiger partial charge >= 0.3 is 0 Å². The number of nitrogens with one attached hydrogen (secondary N) is 1. The molecule has 2 aliphatic rings. The molecule has 2 fully saturated rings. The van der Waals surface area contributed by atoms with E-state index in [1.54, 1.807) is 6.07 Å². The van der Waals surface area contributed by atoms with Gasteiger partial charge < -0.3 is 14.7 Å². The van der Waals surface area contributed by atoms with Gasteiger partial charge in [-0.15, -0.1) is 0 Å². The van der Waals surface area contributed by atoms with Gasteiger partial charge in [0.15, 0.2) is 5.69 Å². The third kappa shape index (κ3) is 3.87. The summed E-state index contributed by atoms with van der Waals surface area (Å²) >= 11 is 0. The van der Waals surface area contributed by atoms with Crippen LogP contribution < -0.4 is 10.9 Å². The highest BCUT2D eigenvalue weighted by molar-refractivity contribution is 5.92. The first kappa shape index (κ1) is 19.0. The second-order valence-electron chi connectivity index (χ2n) is 8.14. The van der Waals surface area contributed by atoms with Gasteiger partial charge in [0.1, 0.15) is 5.76 Å². The number of hydrogen-bond acceptors (Lipinski definition) is 6. The summed E-state index contributed by atoms with van der Waals surface area (Å²) in [6.07, 6.45) is 4.60. The molecule has 1 aromatic carbocycles. The van der Waals surface area contributed by atoms with E-state index in [0.717, 1.165) is 43.6 Å². The van der Waals surface area contributed by atoms with Crippen molar-refractivity contribution in [2.45, 2.75) is 44.7 Å². The minimum absolute atomic E-state index is 0.0922. The Morgan fingerprint density at radius 2 is 1.90 bits per heavy atom. The molecule has 8 heteroatoms. The molecule has 1 N–H and O–H groups in total. The van der Waals surface area contributed by atoms with E-state index in [0.29, 0.717) is 23.5 Å². The van der Waals surface area contributed by atoms with Crippen molar-refractivity contribution in [1.29, 1.82) is 0 Å². The molecule has 1 aliphatic heterocycles. The predicted molar refractivity (Wildman–Crippen MR) is 111 cm³/mol. The molecule has 1 aliphatic carbocycles. The first-order chi connectivity index (χ1) is 14.7. The molecule has 1 amide bonds. The summed E-state index contributed by atoms with van der Waals surface area (Å²) in [5.41, 5.74) is 0.861. The zero-order chi connectivity index (χ0) is 20.5. The van der Waals surface area contributed by atoms with Crippen molar-refractivity contribution >= 4 is 16.7 Å². The fourth-order valence-corrected chi connectivity index (χ4v) is 4.04. The molecule has 1 saturated carbocycles. The maximum atomic E-state index is 12.9. The van der Waals surface area contributed by atoms with Crippen molar-refractivity contribution in [3.05, 3.63) is 57.8 Å². The number of rotatable bonds is 7. The number of amides is 1. The topological polar surface area (TPSA) is 93.3 Å². The van der Waals surface area contributed by atoms with Gasteiger partial charge in [0.05, 0.1) is 24.2 Å². The minimum atomic E-state index is -0.300. The van der Waals surface area contributed by atoms with Gasteiger partial charge in [-0.2, -0.15) is 5.10 Å². The van der Waals surface area contributed by atoms with Crippen molar-refractivity contribution in [3.63, 3.8) is 0 Å². The van der Waals surface area contributed by atoms with Gasteiger partial charge in [-0.25, -0.2) is 4.68 Å². The molecule has 3 aromatic rings. The third-order valence-electron chi connectivity index (χ3n) is 5.93. The predicted octanol–water partition coefficient (Wildman–Crippen LogP) is 2.29. The lowest BCUT2D eigenvalue weighted by atomic mass is 10.1. The lowest BCUT2D eigenvalue weighted by Gasteiger charge is -2.16. The summed E-state index contributed by atoms with van der Waals surface area (Å²) in [7, 11) is 0. The zero-order valence-corrected chi connectivity index (χ0v) is 16.8. The summed E-state index contributed by atoms with van der Waals surface area (Å²) in [5, 5.41) is 12.7. The van der Waals surface area contributed by atoms with Gasteiger partial charge in [0.2, 0.25) is 0 Å². The molecule has 0 unspecified atom stereocenters. The highest BCUT2D eigenvalue weighted by Gasteiger charge is 2.29. The van der Waals surface area contributed by atoms with E-state index in [2.05, 4.69) is 20.5 Å². The van der Waals surface area contributed by atoms with Crippen LogP contribution in [0.2, 0.25) is 0 Å². The number of fused-ring (bicyclic) bond motifs is 1. The van der Waals surface area contributed by atoms with Crippen LogP contribution in [-0.4, -0.2) is 45.4 Å². The number of carbonyl (C=O) groups is 1. The number of nitrogens with zero attached hydrogens (tertiary/aromatic N) is 4. The normalized spacial score (nSPS) is 16.9. The molecule has 156 valence electrons. The molecule has 30 heavy (non-hydrogen) atoms. The van der Waals surface area contributed by atoms with Crippen LogP contribution in [0, 0.1) is 0 Å². The van der Waals surface area contributed by atoms with Crippen LogP contribution in [0.4, 0.5) is 0 Å². The van der Waals surface area contributed by atoms with Crippen molar-refractivity contribution in [2.24, 2.45) is 0 Å². The largest absolute Gasteiger partial charge is 0.360 e. The Balaban J connectivity index is 1.35. The molecule has 0 spiro atoms. The van der Waals surface area contributed by atoms with Crippen molar-refractivity contribution < 1.29 is 9.32 Å². The van der Waals surface area contributed by atoms with Gasteiger partial charge in [-0.3, -0.25) is 9.59 Å². The van der Waals surface area contributed by atoms with Gasteiger partial charge in [-0.05, 0) is 44.8 Å². The maximum Gasteiger partial charge on any atom is 0.274 e. The van der Waals surface area contributed by atoms with Gasteiger partial charge in [0, 0.05) is 23.9 Å². The minimum Gasteiger partial charge on any atom is -0.360 e. The summed E-state index contributed by atoms with van der Waals surface area (Å²) < 4.78 is 6.80. The molecule has 3 heterocycles. The Morgan fingerprint density at radius 1 is 1.13 bits per heavy atom. The number of hydrogen-bond donors (Lipinski definition) is 1. The molecule has 8 nitrogen and oxygen atoms in total. The van der Waals surface area contributed by atoms with Crippen LogP contribution in [-0.2, 0) is 13.1 Å². The Morgan fingerprint density at radius 3 is 2.67 bits per heavy atom. The number of benzene rings is 1. The van der Waals surface area contributed by atoms with E-state index in [4.69, 9.17) is 4.52 Å². The average Bonchev–Trinajstić information content (AvgIpc) is 3.26. The number of likely N-dealkylation sites (tertiary alicyclic amines) is 1. The van der Waals surface area contributed by atoms with Crippen molar-refractivity contribution in [2.75, 3.05) is 19.6 Å². The molecular weight excluding hydrogens is 382 g/mol. The van der Waals surface area contributed by atoms with Crippen LogP contribution in [0.1, 0.15) is 53.5 Å². The highest BCUT2D eigenvalue weighted by atomic mass is 16.5. The van der Waals surface area contributed by atoms with Crippen LogP contribution in [0.5, 0.6) is 0 Å². The van der Waals surface area contributed by atoms with E-state index in [-0.39, 0.29) is 23.7 Å². The Kier molecular flexibility index (Phi) is 5.08. The van der Waals surface area contributed by atoms with E-state index in [1.807, 2.05) is 24.3 Å². The maximum absolute atomic E-state index is 12.9. The number of carbonyl (C=O) groups excluding carboxylic acids is 1. The fraction of sp³-hybridized carbons (Fsp3) is 0.455. The van der Waals surface area contributed by atoms with Crippen LogP contribution in [0.25, 0.3) is 10.8 Å². The Bertz CT molecular complexity index is 1130. The first-order valence-electron chi connectivity index (χ1n) is 10.6. The smallest absolute Gasteiger partial charge is 0.274 e. The van der Waals surface area contributed by atoms with Crippen LogP contribution in [0.3, 0.4) is 0 Å². The van der Waals surface area contributed by atoms with Gasteiger partial charge in [-0.1, -0.05) is 23.4 Å². The lowest BCUT2D eigenvalue weighted by Crippen LogP contribution is -2.32. The van der Waals surface area contributed by atoms with E-state index in [9.17, 15) is 9.59 Å².